The predicted octanol–water partition coefficient (Wildman–Crippen LogP) is 1.40. The van der Waals surface area contributed by atoms with Crippen molar-refractivity contribution in [1.29, 1.82) is 0 Å². The van der Waals surface area contributed by atoms with Crippen LogP contribution in [0.25, 0.3) is 0 Å². The Hall–Kier alpha value is -0.660. The number of amides is 1. The van der Waals surface area contributed by atoms with Crippen LogP contribution in [0.5, 0.6) is 0 Å². The van der Waals surface area contributed by atoms with Crippen LogP contribution < -0.4 is 5.14 Å². The number of ether oxygens (including phenoxy) is 1. The lowest BCUT2D eigenvalue weighted by atomic mass is 9.83. The van der Waals surface area contributed by atoms with Crippen molar-refractivity contribution in [3.8, 4) is 0 Å². The zero-order chi connectivity index (χ0) is 16.1. The van der Waals surface area contributed by atoms with Gasteiger partial charge in [-0.3, -0.25) is 4.79 Å². The van der Waals surface area contributed by atoms with Gasteiger partial charge in [0.05, 0.1) is 18.0 Å². The van der Waals surface area contributed by atoms with E-state index in [9.17, 15) is 13.2 Å². The molecule has 0 unspecified atom stereocenters. The number of rotatable bonds is 6. The highest BCUT2D eigenvalue weighted by molar-refractivity contribution is 7.89. The SMILES string of the molecule is NS(=O)(=O)CCCCCC(=O)N1CCOC2(CCCCC2)C1. The van der Waals surface area contributed by atoms with Crippen LogP contribution in [0.2, 0.25) is 0 Å². The third-order valence-corrected chi connectivity index (χ3v) is 5.54. The van der Waals surface area contributed by atoms with Gasteiger partial charge in [0.2, 0.25) is 15.9 Å². The zero-order valence-corrected chi connectivity index (χ0v) is 14.1. The molecule has 2 fully saturated rings. The zero-order valence-electron chi connectivity index (χ0n) is 13.3. The van der Waals surface area contributed by atoms with Gasteiger partial charge in [0, 0.05) is 19.5 Å². The Morgan fingerprint density at radius 3 is 2.55 bits per heavy atom. The second kappa shape index (κ2) is 7.75. The third kappa shape index (κ3) is 5.52. The number of unbranched alkanes of at least 4 members (excludes halogenated alkanes) is 2. The molecule has 1 saturated heterocycles. The van der Waals surface area contributed by atoms with E-state index in [0.717, 1.165) is 32.2 Å². The maximum atomic E-state index is 12.3. The second-order valence-corrected chi connectivity index (χ2v) is 8.32. The number of hydrogen-bond acceptors (Lipinski definition) is 4. The molecule has 0 aromatic rings. The Bertz CT molecular complexity index is 466. The molecule has 1 saturated carbocycles. The minimum absolute atomic E-state index is 0.00184. The number of primary sulfonamides is 1. The van der Waals surface area contributed by atoms with Crippen LogP contribution in [0.3, 0.4) is 0 Å². The van der Waals surface area contributed by atoms with Gasteiger partial charge in [0.1, 0.15) is 0 Å². The summed E-state index contributed by atoms with van der Waals surface area (Å²) in [6, 6.07) is 0. The summed E-state index contributed by atoms with van der Waals surface area (Å²) in [5.74, 6) is 0.172. The first-order chi connectivity index (χ1) is 10.4. The molecule has 1 aliphatic heterocycles. The minimum atomic E-state index is -3.38. The number of carbonyl (C=O) groups is 1. The summed E-state index contributed by atoms with van der Waals surface area (Å²) in [4.78, 5) is 14.3. The molecular formula is C15H28N2O4S. The van der Waals surface area contributed by atoms with Gasteiger partial charge in [0.15, 0.2) is 0 Å². The van der Waals surface area contributed by atoms with E-state index in [1.807, 2.05) is 4.90 Å². The smallest absolute Gasteiger partial charge is 0.222 e. The molecule has 1 aliphatic carbocycles. The molecule has 0 radical (unpaired) electrons. The van der Waals surface area contributed by atoms with Gasteiger partial charge in [-0.15, -0.1) is 0 Å². The number of nitrogens with two attached hydrogens (primary N) is 1. The summed E-state index contributed by atoms with van der Waals surface area (Å²) in [7, 11) is -3.38. The maximum absolute atomic E-state index is 12.3. The first-order valence-electron chi connectivity index (χ1n) is 8.32. The van der Waals surface area contributed by atoms with Crippen molar-refractivity contribution in [2.45, 2.75) is 63.4 Å². The minimum Gasteiger partial charge on any atom is -0.371 e. The highest BCUT2D eigenvalue weighted by Gasteiger charge is 2.38. The number of morpholine rings is 1. The lowest BCUT2D eigenvalue weighted by Gasteiger charge is -2.45. The predicted molar refractivity (Wildman–Crippen MR) is 84.8 cm³/mol. The van der Waals surface area contributed by atoms with Gasteiger partial charge in [-0.1, -0.05) is 25.7 Å². The van der Waals surface area contributed by atoms with Crippen molar-refractivity contribution >= 4 is 15.9 Å². The van der Waals surface area contributed by atoms with E-state index >= 15 is 0 Å². The van der Waals surface area contributed by atoms with Crippen LogP contribution >= 0.6 is 0 Å². The van der Waals surface area contributed by atoms with Gasteiger partial charge in [-0.05, 0) is 25.7 Å². The summed E-state index contributed by atoms with van der Waals surface area (Å²) < 4.78 is 27.7. The largest absolute Gasteiger partial charge is 0.371 e. The van der Waals surface area contributed by atoms with Crippen molar-refractivity contribution in [2.24, 2.45) is 5.14 Å². The third-order valence-electron chi connectivity index (χ3n) is 4.69. The molecule has 1 heterocycles. The van der Waals surface area contributed by atoms with Crippen LogP contribution in [-0.2, 0) is 19.6 Å². The van der Waals surface area contributed by atoms with Crippen LogP contribution in [0.15, 0.2) is 0 Å². The van der Waals surface area contributed by atoms with Gasteiger partial charge in [0.25, 0.3) is 0 Å². The fourth-order valence-electron chi connectivity index (χ4n) is 3.47. The molecule has 1 amide bonds. The molecule has 7 heteroatoms. The number of sulfonamides is 1. The monoisotopic (exact) mass is 332 g/mol. The standard InChI is InChI=1S/C15H28N2O4S/c16-22(19,20)12-6-1-3-7-14(18)17-10-11-21-15(13-17)8-4-2-5-9-15/h1-13H2,(H2,16,19,20). The molecule has 1 spiro atoms. The normalized spacial score (nSPS) is 22.0. The molecule has 2 aliphatic rings. The summed E-state index contributed by atoms with van der Waals surface area (Å²) in [5, 5.41) is 4.96. The molecule has 0 atom stereocenters. The van der Waals surface area contributed by atoms with Gasteiger partial charge >= 0.3 is 0 Å². The fraction of sp³-hybridized carbons (Fsp3) is 0.933. The van der Waals surface area contributed by atoms with E-state index in [0.29, 0.717) is 26.0 Å². The highest BCUT2D eigenvalue weighted by Crippen LogP contribution is 2.34. The topological polar surface area (TPSA) is 89.7 Å². The van der Waals surface area contributed by atoms with E-state index < -0.39 is 10.0 Å². The quantitative estimate of drug-likeness (QED) is 0.744. The van der Waals surface area contributed by atoms with Crippen LogP contribution in [0.1, 0.15) is 57.8 Å². The molecular weight excluding hydrogens is 304 g/mol. The van der Waals surface area contributed by atoms with Gasteiger partial charge < -0.3 is 9.64 Å². The van der Waals surface area contributed by atoms with Crippen LogP contribution in [0.4, 0.5) is 0 Å². The first-order valence-corrected chi connectivity index (χ1v) is 10.0. The Kier molecular flexibility index (Phi) is 6.23. The average molecular weight is 332 g/mol. The summed E-state index contributed by atoms with van der Waals surface area (Å²) in [5.41, 5.74) is -0.0974. The summed E-state index contributed by atoms with van der Waals surface area (Å²) in [6.45, 7) is 2.04. The van der Waals surface area contributed by atoms with Crippen molar-refractivity contribution in [1.82, 2.24) is 4.90 Å². The lowest BCUT2D eigenvalue weighted by Crippen LogP contribution is -2.54. The van der Waals surface area contributed by atoms with Crippen molar-refractivity contribution in [3.05, 3.63) is 0 Å². The summed E-state index contributed by atoms with van der Waals surface area (Å²) in [6.07, 6.45) is 8.22. The Labute approximate surface area is 133 Å². The van der Waals surface area contributed by atoms with E-state index in [2.05, 4.69) is 0 Å². The van der Waals surface area contributed by atoms with Crippen LogP contribution in [0, 0.1) is 0 Å². The van der Waals surface area contributed by atoms with E-state index in [-0.39, 0.29) is 17.3 Å². The molecule has 128 valence electrons. The molecule has 0 bridgehead atoms. The molecule has 2 N–H and O–H groups in total. The van der Waals surface area contributed by atoms with Gasteiger partial charge in [-0.25, -0.2) is 13.6 Å². The first kappa shape index (κ1) is 17.7. The maximum Gasteiger partial charge on any atom is 0.222 e. The molecule has 0 aromatic heterocycles. The summed E-state index contributed by atoms with van der Waals surface area (Å²) >= 11 is 0. The molecule has 6 nitrogen and oxygen atoms in total. The van der Waals surface area contributed by atoms with Gasteiger partial charge in [-0.2, -0.15) is 0 Å². The lowest BCUT2D eigenvalue weighted by molar-refractivity contribution is -0.156. The van der Waals surface area contributed by atoms with Crippen molar-refractivity contribution < 1.29 is 17.9 Å². The Balaban J connectivity index is 1.70. The molecule has 2 rings (SSSR count). The Morgan fingerprint density at radius 1 is 1.14 bits per heavy atom. The Morgan fingerprint density at radius 2 is 1.86 bits per heavy atom. The highest BCUT2D eigenvalue weighted by atomic mass is 32.2. The number of hydrogen-bond donors (Lipinski definition) is 1. The molecule has 22 heavy (non-hydrogen) atoms. The number of nitrogens with zero attached hydrogens (tertiary/aromatic N) is 1. The van der Waals surface area contributed by atoms with Crippen LogP contribution in [-0.4, -0.2) is 50.3 Å². The molecule has 0 aromatic carbocycles. The van der Waals surface area contributed by atoms with E-state index in [1.54, 1.807) is 0 Å². The van der Waals surface area contributed by atoms with Crippen molar-refractivity contribution in [3.63, 3.8) is 0 Å². The number of carbonyl (C=O) groups excluding carboxylic acids is 1. The van der Waals surface area contributed by atoms with Crippen molar-refractivity contribution in [2.75, 3.05) is 25.4 Å². The average Bonchev–Trinajstić information content (AvgIpc) is 2.46. The second-order valence-electron chi connectivity index (χ2n) is 6.59. The van der Waals surface area contributed by atoms with E-state index in [4.69, 9.17) is 9.88 Å². The fourth-order valence-corrected chi connectivity index (χ4v) is 4.08. The van der Waals surface area contributed by atoms with E-state index in [1.165, 1.54) is 19.3 Å².